The van der Waals surface area contributed by atoms with Crippen LogP contribution in [0.5, 0.6) is 5.75 Å². The molecule has 108 valence electrons. The van der Waals surface area contributed by atoms with Gasteiger partial charge in [-0.05, 0) is 31.9 Å². The number of hydrogen-bond acceptors (Lipinski definition) is 3. The summed E-state index contributed by atoms with van der Waals surface area (Å²) in [4.78, 5) is 23.0. The van der Waals surface area contributed by atoms with E-state index in [2.05, 4.69) is 10.6 Å². The summed E-state index contributed by atoms with van der Waals surface area (Å²) in [6.07, 6.45) is 0.988. The van der Waals surface area contributed by atoms with E-state index >= 15 is 0 Å². The van der Waals surface area contributed by atoms with Crippen LogP contribution in [-0.2, 0) is 9.59 Å². The van der Waals surface area contributed by atoms with Gasteiger partial charge in [-0.25, -0.2) is 0 Å². The van der Waals surface area contributed by atoms with Crippen LogP contribution in [0.2, 0.25) is 0 Å². The van der Waals surface area contributed by atoms with E-state index in [4.69, 9.17) is 4.74 Å². The van der Waals surface area contributed by atoms with E-state index in [-0.39, 0.29) is 17.9 Å². The maximum atomic E-state index is 11.9. The first kappa shape index (κ1) is 14.4. The fourth-order valence-corrected chi connectivity index (χ4v) is 2.13. The highest BCUT2D eigenvalue weighted by Crippen LogP contribution is 2.16. The first-order valence-corrected chi connectivity index (χ1v) is 6.84. The van der Waals surface area contributed by atoms with Gasteiger partial charge in [-0.3, -0.25) is 9.59 Å². The number of carbonyl (C=O) groups is 2. The second kappa shape index (κ2) is 6.41. The number of ether oxygens (including phenoxy) is 1. The van der Waals surface area contributed by atoms with Crippen molar-refractivity contribution in [1.29, 1.82) is 0 Å². The van der Waals surface area contributed by atoms with Gasteiger partial charge in [0.25, 0.3) is 0 Å². The molecule has 1 fully saturated rings. The van der Waals surface area contributed by atoms with Crippen LogP contribution in [0, 0.1) is 6.92 Å². The zero-order valence-electron chi connectivity index (χ0n) is 11.8. The molecule has 1 aliphatic rings. The molecule has 0 unspecified atom stereocenters. The molecule has 2 N–H and O–H groups in total. The van der Waals surface area contributed by atoms with Gasteiger partial charge >= 0.3 is 0 Å². The lowest BCUT2D eigenvalue weighted by Gasteiger charge is -2.18. The Balaban J connectivity index is 1.78. The molecular formula is C15H20N2O3. The summed E-state index contributed by atoms with van der Waals surface area (Å²) in [5, 5.41) is 5.50. The summed E-state index contributed by atoms with van der Waals surface area (Å²) in [5.41, 5.74) is 1.06. The summed E-state index contributed by atoms with van der Waals surface area (Å²) in [6, 6.07) is 7.24. The number of aryl methyl sites for hydroxylation is 1. The van der Waals surface area contributed by atoms with Crippen LogP contribution < -0.4 is 15.4 Å². The highest BCUT2D eigenvalue weighted by atomic mass is 16.5. The lowest BCUT2D eigenvalue weighted by atomic mass is 10.2. The van der Waals surface area contributed by atoms with E-state index in [9.17, 15) is 9.59 Å². The maximum Gasteiger partial charge on any atom is 0.242 e. The Morgan fingerprint density at radius 1 is 1.50 bits per heavy atom. The number of rotatable bonds is 5. The third-order valence-corrected chi connectivity index (χ3v) is 3.28. The Hall–Kier alpha value is -2.04. The largest absolute Gasteiger partial charge is 0.491 e. The van der Waals surface area contributed by atoms with Crippen LogP contribution in [0.25, 0.3) is 0 Å². The molecule has 0 aliphatic carbocycles. The molecule has 1 aromatic rings. The molecule has 20 heavy (non-hydrogen) atoms. The fourth-order valence-electron chi connectivity index (χ4n) is 2.13. The standard InChI is InChI=1S/C15H20N2O3/c1-10-5-3-4-6-13(10)20-9-11(2)16-15(19)12-7-8-14(18)17-12/h3-6,11-12H,7-9H2,1-2H3,(H,16,19)(H,17,18)/t11-,12-/m0/s1. The number of benzene rings is 1. The molecule has 1 heterocycles. The predicted octanol–water partition coefficient (Wildman–Crippen LogP) is 1.16. The first-order valence-electron chi connectivity index (χ1n) is 6.84. The molecule has 5 heteroatoms. The molecule has 0 aromatic heterocycles. The van der Waals surface area contributed by atoms with Gasteiger partial charge in [0.05, 0.1) is 6.04 Å². The topological polar surface area (TPSA) is 67.4 Å². The van der Waals surface area contributed by atoms with Crippen molar-refractivity contribution in [3.05, 3.63) is 29.8 Å². The van der Waals surface area contributed by atoms with E-state index in [0.717, 1.165) is 11.3 Å². The van der Waals surface area contributed by atoms with Gasteiger partial charge < -0.3 is 15.4 Å². The third kappa shape index (κ3) is 3.73. The summed E-state index contributed by atoms with van der Waals surface area (Å²) in [5.74, 6) is 0.619. The minimum absolute atomic E-state index is 0.0611. The number of amides is 2. The van der Waals surface area contributed by atoms with E-state index in [1.165, 1.54) is 0 Å². The first-order chi connectivity index (χ1) is 9.56. The molecule has 2 rings (SSSR count). The van der Waals surface area contributed by atoms with Crippen molar-refractivity contribution in [1.82, 2.24) is 10.6 Å². The van der Waals surface area contributed by atoms with E-state index in [1.807, 2.05) is 38.1 Å². The quantitative estimate of drug-likeness (QED) is 0.848. The van der Waals surface area contributed by atoms with Gasteiger partial charge in [0.1, 0.15) is 18.4 Å². The summed E-state index contributed by atoms with van der Waals surface area (Å²) < 4.78 is 5.68. The van der Waals surface area contributed by atoms with Crippen molar-refractivity contribution < 1.29 is 14.3 Å². The Kier molecular flexibility index (Phi) is 4.61. The predicted molar refractivity (Wildman–Crippen MR) is 75.4 cm³/mol. The molecule has 2 atom stereocenters. The Morgan fingerprint density at radius 2 is 2.25 bits per heavy atom. The van der Waals surface area contributed by atoms with Crippen molar-refractivity contribution in [3.63, 3.8) is 0 Å². The molecule has 0 radical (unpaired) electrons. The molecule has 0 saturated carbocycles. The lowest BCUT2D eigenvalue weighted by Crippen LogP contribution is -2.46. The van der Waals surface area contributed by atoms with E-state index < -0.39 is 6.04 Å². The highest BCUT2D eigenvalue weighted by molar-refractivity contribution is 5.90. The molecule has 1 aliphatic heterocycles. The van der Waals surface area contributed by atoms with Crippen LogP contribution >= 0.6 is 0 Å². The lowest BCUT2D eigenvalue weighted by molar-refractivity contribution is -0.126. The molecule has 2 amide bonds. The van der Waals surface area contributed by atoms with Gasteiger partial charge in [-0.2, -0.15) is 0 Å². The smallest absolute Gasteiger partial charge is 0.242 e. The van der Waals surface area contributed by atoms with Gasteiger partial charge in [-0.15, -0.1) is 0 Å². The number of carbonyl (C=O) groups excluding carboxylic acids is 2. The van der Waals surface area contributed by atoms with Gasteiger partial charge in [-0.1, -0.05) is 18.2 Å². The second-order valence-corrected chi connectivity index (χ2v) is 5.14. The van der Waals surface area contributed by atoms with Crippen LogP contribution in [0.4, 0.5) is 0 Å². The molecule has 1 aromatic carbocycles. The van der Waals surface area contributed by atoms with Crippen LogP contribution in [0.1, 0.15) is 25.3 Å². The summed E-state index contributed by atoms with van der Waals surface area (Å²) in [7, 11) is 0. The van der Waals surface area contributed by atoms with Crippen LogP contribution in [-0.4, -0.2) is 30.5 Å². The monoisotopic (exact) mass is 276 g/mol. The zero-order valence-corrected chi connectivity index (χ0v) is 11.8. The number of para-hydroxylation sites is 1. The zero-order chi connectivity index (χ0) is 14.5. The third-order valence-electron chi connectivity index (χ3n) is 3.28. The molecule has 0 bridgehead atoms. The van der Waals surface area contributed by atoms with Crippen LogP contribution in [0.3, 0.4) is 0 Å². The average molecular weight is 276 g/mol. The summed E-state index contributed by atoms with van der Waals surface area (Å²) >= 11 is 0. The van der Waals surface area contributed by atoms with Crippen molar-refractivity contribution in [2.45, 2.75) is 38.8 Å². The Bertz CT molecular complexity index is 502. The molecular weight excluding hydrogens is 256 g/mol. The molecule has 1 saturated heterocycles. The van der Waals surface area contributed by atoms with Gasteiger partial charge in [0, 0.05) is 6.42 Å². The van der Waals surface area contributed by atoms with Gasteiger partial charge in [0.15, 0.2) is 0 Å². The Morgan fingerprint density at radius 3 is 2.90 bits per heavy atom. The summed E-state index contributed by atoms with van der Waals surface area (Å²) in [6.45, 7) is 4.26. The van der Waals surface area contributed by atoms with Gasteiger partial charge in [0.2, 0.25) is 11.8 Å². The van der Waals surface area contributed by atoms with Crippen molar-refractivity contribution in [3.8, 4) is 5.75 Å². The number of nitrogens with one attached hydrogen (secondary N) is 2. The number of hydrogen-bond donors (Lipinski definition) is 2. The second-order valence-electron chi connectivity index (χ2n) is 5.14. The van der Waals surface area contributed by atoms with Crippen LogP contribution in [0.15, 0.2) is 24.3 Å². The van der Waals surface area contributed by atoms with Crippen molar-refractivity contribution in [2.24, 2.45) is 0 Å². The maximum absolute atomic E-state index is 11.9. The van der Waals surface area contributed by atoms with Crippen molar-refractivity contribution in [2.75, 3.05) is 6.61 Å². The normalized spacial score (nSPS) is 19.3. The Labute approximate surface area is 118 Å². The minimum Gasteiger partial charge on any atom is -0.491 e. The highest BCUT2D eigenvalue weighted by Gasteiger charge is 2.27. The molecule has 5 nitrogen and oxygen atoms in total. The molecule has 0 spiro atoms. The van der Waals surface area contributed by atoms with E-state index in [0.29, 0.717) is 19.4 Å². The fraction of sp³-hybridized carbons (Fsp3) is 0.467. The van der Waals surface area contributed by atoms with Crippen molar-refractivity contribution >= 4 is 11.8 Å². The minimum atomic E-state index is -0.400. The van der Waals surface area contributed by atoms with E-state index in [1.54, 1.807) is 0 Å². The SMILES string of the molecule is Cc1ccccc1OC[C@H](C)NC(=O)[C@@H]1CCC(=O)N1. The average Bonchev–Trinajstić information content (AvgIpc) is 2.84.